The molecule has 0 saturated heterocycles. The molecule has 1 aromatic rings. The molecular formula is C17H23N3O3. The van der Waals surface area contributed by atoms with Crippen LogP contribution in [0.25, 0.3) is 0 Å². The molecule has 1 unspecified atom stereocenters. The van der Waals surface area contributed by atoms with Crippen molar-refractivity contribution in [3.63, 3.8) is 0 Å². The first-order valence-electron chi connectivity index (χ1n) is 8.09. The Morgan fingerprint density at radius 3 is 2.70 bits per heavy atom. The van der Waals surface area contributed by atoms with Crippen LogP contribution in [0.15, 0.2) is 24.3 Å². The second-order valence-electron chi connectivity index (χ2n) is 6.37. The summed E-state index contributed by atoms with van der Waals surface area (Å²) in [6, 6.07) is 8.28. The minimum atomic E-state index is -0.0914. The molecule has 0 aromatic heterocycles. The van der Waals surface area contributed by atoms with Crippen LogP contribution in [0, 0.1) is 0 Å². The zero-order valence-corrected chi connectivity index (χ0v) is 13.4. The van der Waals surface area contributed by atoms with Gasteiger partial charge in [-0.25, -0.2) is 0 Å². The maximum atomic E-state index is 12.0. The Bertz CT molecular complexity index is 561. The van der Waals surface area contributed by atoms with E-state index in [1.165, 1.54) is 5.56 Å². The summed E-state index contributed by atoms with van der Waals surface area (Å²) in [4.78, 5) is 25.4. The van der Waals surface area contributed by atoms with Gasteiger partial charge in [0.2, 0.25) is 11.8 Å². The van der Waals surface area contributed by atoms with Gasteiger partial charge in [-0.05, 0) is 31.5 Å². The molecule has 2 N–H and O–H groups in total. The number of amides is 2. The summed E-state index contributed by atoms with van der Waals surface area (Å²) in [5, 5.41) is 5.79. The van der Waals surface area contributed by atoms with Gasteiger partial charge in [-0.1, -0.05) is 18.2 Å². The van der Waals surface area contributed by atoms with Crippen molar-refractivity contribution in [1.29, 1.82) is 0 Å². The van der Waals surface area contributed by atoms with E-state index in [4.69, 9.17) is 4.74 Å². The summed E-state index contributed by atoms with van der Waals surface area (Å²) in [5.41, 5.74) is 1.18. The number of hydrogen-bond donors (Lipinski definition) is 2. The number of nitrogens with one attached hydrogen (secondary N) is 2. The molecule has 6 nitrogen and oxygen atoms in total. The number of benzene rings is 1. The molecule has 2 aliphatic rings. The first-order valence-corrected chi connectivity index (χ1v) is 8.09. The molecule has 1 aromatic carbocycles. The molecule has 0 spiro atoms. The molecule has 1 aliphatic carbocycles. The van der Waals surface area contributed by atoms with Gasteiger partial charge >= 0.3 is 0 Å². The lowest BCUT2D eigenvalue weighted by Crippen LogP contribution is -2.43. The van der Waals surface area contributed by atoms with Crippen LogP contribution in [0.1, 0.15) is 18.4 Å². The average Bonchev–Trinajstić information content (AvgIpc) is 3.20. The monoisotopic (exact) mass is 317 g/mol. The quantitative estimate of drug-likeness (QED) is 0.760. The fourth-order valence-electron chi connectivity index (χ4n) is 2.70. The Morgan fingerprint density at radius 1 is 1.22 bits per heavy atom. The van der Waals surface area contributed by atoms with Gasteiger partial charge in [-0.3, -0.25) is 14.5 Å². The van der Waals surface area contributed by atoms with Gasteiger partial charge in [0.1, 0.15) is 11.9 Å². The number of carbonyl (C=O) groups excluding carboxylic acids is 2. The van der Waals surface area contributed by atoms with Gasteiger partial charge in [0.05, 0.1) is 19.6 Å². The number of hydrogen-bond acceptors (Lipinski definition) is 4. The fraction of sp³-hybridized carbons (Fsp3) is 0.529. The Balaban J connectivity index is 1.34. The molecule has 124 valence electrons. The minimum absolute atomic E-state index is 0.0141. The summed E-state index contributed by atoms with van der Waals surface area (Å²) < 4.78 is 5.79. The summed E-state index contributed by atoms with van der Waals surface area (Å²) >= 11 is 0. The average molecular weight is 317 g/mol. The van der Waals surface area contributed by atoms with Gasteiger partial charge in [0, 0.05) is 12.5 Å². The van der Waals surface area contributed by atoms with Crippen LogP contribution < -0.4 is 15.4 Å². The van der Waals surface area contributed by atoms with Crippen LogP contribution in [-0.2, 0) is 16.0 Å². The standard InChI is InChI=1S/C17H23N3O3/c1-20(11-17(22)19-13-6-7-13)10-16(21)18-9-14-8-12-4-2-3-5-15(12)23-14/h2-5,13-14H,6-11H2,1H3,(H,18,21)(H,19,22). The summed E-state index contributed by atoms with van der Waals surface area (Å²) in [6.45, 7) is 0.933. The largest absolute Gasteiger partial charge is 0.488 e. The Kier molecular flexibility index (Phi) is 4.81. The normalized spacial score (nSPS) is 19.1. The molecule has 1 fully saturated rings. The Morgan fingerprint density at radius 2 is 1.96 bits per heavy atom. The zero-order chi connectivity index (χ0) is 16.2. The van der Waals surface area contributed by atoms with E-state index in [1.54, 1.807) is 11.9 Å². The lowest BCUT2D eigenvalue weighted by molar-refractivity contribution is -0.124. The summed E-state index contributed by atoms with van der Waals surface area (Å²) in [6.07, 6.45) is 2.94. The highest BCUT2D eigenvalue weighted by Gasteiger charge is 2.24. The third-order valence-electron chi connectivity index (χ3n) is 4.01. The van der Waals surface area contributed by atoms with Crippen molar-refractivity contribution in [2.24, 2.45) is 0 Å². The number of nitrogens with zero attached hydrogens (tertiary/aromatic N) is 1. The Labute approximate surface area is 136 Å². The van der Waals surface area contributed by atoms with Crippen molar-refractivity contribution in [3.05, 3.63) is 29.8 Å². The van der Waals surface area contributed by atoms with E-state index in [0.717, 1.165) is 25.0 Å². The van der Waals surface area contributed by atoms with Gasteiger partial charge in [0.25, 0.3) is 0 Å². The molecule has 1 aliphatic heterocycles. The lowest BCUT2D eigenvalue weighted by atomic mass is 10.1. The number of ether oxygens (including phenoxy) is 1. The number of rotatable bonds is 7. The molecular weight excluding hydrogens is 294 g/mol. The van der Waals surface area contributed by atoms with Crippen molar-refractivity contribution in [2.45, 2.75) is 31.4 Å². The van der Waals surface area contributed by atoms with Crippen molar-refractivity contribution >= 4 is 11.8 Å². The predicted molar refractivity (Wildman–Crippen MR) is 86.2 cm³/mol. The molecule has 0 radical (unpaired) electrons. The smallest absolute Gasteiger partial charge is 0.234 e. The van der Waals surface area contributed by atoms with Gasteiger partial charge in [0.15, 0.2) is 0 Å². The number of likely N-dealkylation sites (N-methyl/N-ethyl adjacent to an activating group) is 1. The van der Waals surface area contributed by atoms with Crippen LogP contribution in [0.4, 0.5) is 0 Å². The third kappa shape index (κ3) is 4.69. The maximum Gasteiger partial charge on any atom is 0.234 e. The van der Waals surface area contributed by atoms with E-state index in [0.29, 0.717) is 12.6 Å². The fourth-order valence-corrected chi connectivity index (χ4v) is 2.70. The van der Waals surface area contributed by atoms with E-state index in [2.05, 4.69) is 10.6 Å². The molecule has 1 saturated carbocycles. The molecule has 1 heterocycles. The minimum Gasteiger partial charge on any atom is -0.488 e. The second kappa shape index (κ2) is 7.00. The van der Waals surface area contributed by atoms with Gasteiger partial charge in [-0.15, -0.1) is 0 Å². The molecule has 1 atom stereocenters. The topological polar surface area (TPSA) is 70.7 Å². The van der Waals surface area contributed by atoms with Crippen LogP contribution in [0.2, 0.25) is 0 Å². The first-order chi connectivity index (χ1) is 11.1. The highest BCUT2D eigenvalue weighted by Crippen LogP contribution is 2.27. The molecule has 6 heteroatoms. The number of fused-ring (bicyclic) bond motifs is 1. The van der Waals surface area contributed by atoms with Crippen molar-refractivity contribution in [1.82, 2.24) is 15.5 Å². The highest BCUT2D eigenvalue weighted by atomic mass is 16.5. The molecule has 23 heavy (non-hydrogen) atoms. The van der Waals surface area contributed by atoms with Gasteiger partial charge in [-0.2, -0.15) is 0 Å². The van der Waals surface area contributed by atoms with E-state index >= 15 is 0 Å². The number of carbonyl (C=O) groups is 2. The highest BCUT2D eigenvalue weighted by molar-refractivity contribution is 5.81. The van der Waals surface area contributed by atoms with Gasteiger partial charge < -0.3 is 15.4 Å². The van der Waals surface area contributed by atoms with E-state index in [-0.39, 0.29) is 31.0 Å². The van der Waals surface area contributed by atoms with E-state index in [1.807, 2.05) is 24.3 Å². The van der Waals surface area contributed by atoms with Crippen LogP contribution >= 0.6 is 0 Å². The van der Waals surface area contributed by atoms with Crippen LogP contribution in [0.5, 0.6) is 5.75 Å². The van der Waals surface area contributed by atoms with Crippen molar-refractivity contribution in [3.8, 4) is 5.75 Å². The zero-order valence-electron chi connectivity index (χ0n) is 13.4. The predicted octanol–water partition coefficient (Wildman–Crippen LogP) is 0.317. The van der Waals surface area contributed by atoms with Crippen molar-refractivity contribution in [2.75, 3.05) is 26.7 Å². The lowest BCUT2D eigenvalue weighted by Gasteiger charge is -2.17. The second-order valence-corrected chi connectivity index (χ2v) is 6.37. The van der Waals surface area contributed by atoms with E-state index < -0.39 is 0 Å². The molecule has 2 amide bonds. The number of para-hydroxylation sites is 1. The third-order valence-corrected chi connectivity index (χ3v) is 4.01. The molecule has 3 rings (SSSR count). The van der Waals surface area contributed by atoms with Crippen LogP contribution in [-0.4, -0.2) is 55.5 Å². The Hall–Kier alpha value is -2.08. The van der Waals surface area contributed by atoms with Crippen LogP contribution in [0.3, 0.4) is 0 Å². The summed E-state index contributed by atoms with van der Waals surface area (Å²) in [7, 11) is 1.77. The summed E-state index contributed by atoms with van der Waals surface area (Å²) in [5.74, 6) is 0.796. The van der Waals surface area contributed by atoms with E-state index in [9.17, 15) is 9.59 Å². The molecule has 0 bridgehead atoms. The SMILES string of the molecule is CN(CC(=O)NCC1Cc2ccccc2O1)CC(=O)NC1CC1. The van der Waals surface area contributed by atoms with Crippen molar-refractivity contribution < 1.29 is 14.3 Å². The first kappa shape index (κ1) is 15.8. The maximum absolute atomic E-state index is 12.0.